The molecule has 1 N–H and O–H groups in total. The van der Waals surface area contributed by atoms with E-state index in [4.69, 9.17) is 16.3 Å². The van der Waals surface area contributed by atoms with Crippen molar-refractivity contribution < 1.29 is 9.84 Å². The van der Waals surface area contributed by atoms with E-state index in [1.54, 1.807) is 23.6 Å². The van der Waals surface area contributed by atoms with E-state index >= 15 is 0 Å². The molecule has 0 fully saturated rings. The van der Waals surface area contributed by atoms with Crippen LogP contribution in [0.2, 0.25) is 5.02 Å². The molecule has 126 valence electrons. The summed E-state index contributed by atoms with van der Waals surface area (Å²) in [7, 11) is 0. The van der Waals surface area contributed by atoms with Gasteiger partial charge in [0.05, 0.1) is 25.9 Å². The summed E-state index contributed by atoms with van der Waals surface area (Å²) >= 11 is 5.83. The van der Waals surface area contributed by atoms with Crippen molar-refractivity contribution in [1.82, 2.24) is 19.2 Å². The average Bonchev–Trinajstić information content (AvgIpc) is 3.03. The van der Waals surface area contributed by atoms with Gasteiger partial charge >= 0.3 is 0 Å². The minimum Gasteiger partial charge on any atom is -0.389 e. The number of fused-ring (bicyclic) bond motifs is 1. The summed E-state index contributed by atoms with van der Waals surface area (Å²) in [5, 5.41) is 14.8. The van der Waals surface area contributed by atoms with Crippen LogP contribution in [-0.2, 0) is 17.9 Å². The lowest BCUT2D eigenvalue weighted by Crippen LogP contribution is -2.27. The number of benzene rings is 1. The van der Waals surface area contributed by atoms with E-state index in [0.29, 0.717) is 23.1 Å². The van der Waals surface area contributed by atoms with Crippen LogP contribution in [0.5, 0.6) is 0 Å². The molecule has 1 atom stereocenters. The van der Waals surface area contributed by atoms with Crippen molar-refractivity contribution in [2.75, 3.05) is 6.61 Å². The molecule has 2 heterocycles. The molecule has 0 aliphatic carbocycles. The normalized spacial score (nSPS) is 12.6. The quantitative estimate of drug-likeness (QED) is 0.728. The third-order valence-corrected chi connectivity index (χ3v) is 3.88. The lowest BCUT2D eigenvalue weighted by molar-refractivity contribution is 0.0204. The molecule has 0 radical (unpaired) electrons. The van der Waals surface area contributed by atoms with Gasteiger partial charge in [-0.15, -0.1) is 0 Å². The highest BCUT2D eigenvalue weighted by molar-refractivity contribution is 6.30. The lowest BCUT2D eigenvalue weighted by Gasteiger charge is -2.16. The molecule has 1 aromatic carbocycles. The molecule has 2 aromatic heterocycles. The third kappa shape index (κ3) is 3.64. The Balaban J connectivity index is 1.63. The second-order valence-electron chi connectivity index (χ2n) is 5.50. The maximum Gasteiger partial charge on any atom is 0.275 e. The molecule has 3 rings (SSSR count). The molecule has 8 heteroatoms. The maximum atomic E-state index is 11.8. The van der Waals surface area contributed by atoms with Crippen molar-refractivity contribution in [3.05, 3.63) is 63.3 Å². The Hall–Kier alpha value is -2.22. The number of aryl methyl sites for hydroxylation is 1. The van der Waals surface area contributed by atoms with E-state index in [-0.39, 0.29) is 18.7 Å². The zero-order valence-corrected chi connectivity index (χ0v) is 13.8. The van der Waals surface area contributed by atoms with Crippen LogP contribution in [-0.4, -0.2) is 37.0 Å². The van der Waals surface area contributed by atoms with Crippen molar-refractivity contribution in [2.24, 2.45) is 0 Å². The molecule has 7 nitrogen and oxygen atoms in total. The van der Waals surface area contributed by atoms with Crippen LogP contribution in [0.3, 0.4) is 0 Å². The first-order chi connectivity index (χ1) is 11.5. The molecule has 0 aliphatic rings. The largest absolute Gasteiger partial charge is 0.389 e. The fraction of sp³-hybridized carbons (Fsp3) is 0.312. The summed E-state index contributed by atoms with van der Waals surface area (Å²) in [6.07, 6.45) is 0.579. The van der Waals surface area contributed by atoms with Gasteiger partial charge in [0.1, 0.15) is 6.33 Å². The molecule has 0 spiro atoms. The average molecular weight is 349 g/mol. The van der Waals surface area contributed by atoms with E-state index < -0.39 is 6.10 Å². The highest BCUT2D eigenvalue weighted by Crippen LogP contribution is 2.10. The molecule has 0 aliphatic heterocycles. The first-order valence-corrected chi connectivity index (χ1v) is 7.83. The number of nitrogens with zero attached hydrogens (tertiary/aromatic N) is 4. The number of aromatic nitrogens is 4. The fourth-order valence-corrected chi connectivity index (χ4v) is 2.56. The summed E-state index contributed by atoms with van der Waals surface area (Å²) in [4.78, 5) is 15.9. The molecule has 0 saturated heterocycles. The van der Waals surface area contributed by atoms with E-state index in [1.807, 2.05) is 12.1 Å². The van der Waals surface area contributed by atoms with Gasteiger partial charge in [0.15, 0.2) is 0 Å². The summed E-state index contributed by atoms with van der Waals surface area (Å²) in [5.41, 5.74) is 1.44. The molecular formula is C16H17ClN4O3. The number of halogens is 1. The zero-order chi connectivity index (χ0) is 17.1. The highest BCUT2D eigenvalue weighted by atomic mass is 35.5. The van der Waals surface area contributed by atoms with Gasteiger partial charge in [0, 0.05) is 16.8 Å². The van der Waals surface area contributed by atoms with E-state index in [1.165, 1.54) is 16.9 Å². The van der Waals surface area contributed by atoms with Crippen molar-refractivity contribution in [3.8, 4) is 0 Å². The summed E-state index contributed by atoms with van der Waals surface area (Å²) in [6.45, 7) is 2.60. The fourth-order valence-electron chi connectivity index (χ4n) is 2.43. The van der Waals surface area contributed by atoms with Gasteiger partial charge in [0.2, 0.25) is 5.78 Å². The van der Waals surface area contributed by atoms with Crippen LogP contribution in [0, 0.1) is 6.92 Å². The summed E-state index contributed by atoms with van der Waals surface area (Å²) in [5.74, 6) is 0.400. The van der Waals surface area contributed by atoms with Crippen molar-refractivity contribution in [1.29, 1.82) is 0 Å². The molecule has 0 bridgehead atoms. The van der Waals surface area contributed by atoms with Crippen LogP contribution >= 0.6 is 11.6 Å². The van der Waals surface area contributed by atoms with Crippen LogP contribution in [0.15, 0.2) is 41.5 Å². The van der Waals surface area contributed by atoms with Crippen LogP contribution in [0.4, 0.5) is 0 Å². The Labute approximate surface area is 143 Å². The Morgan fingerprint density at radius 1 is 1.33 bits per heavy atom. The minimum absolute atomic E-state index is 0.161. The molecular weight excluding hydrogens is 332 g/mol. The number of ether oxygens (including phenoxy) is 1. The number of rotatable bonds is 6. The topological polar surface area (TPSA) is 81.7 Å². The SMILES string of the molecule is Cc1cc(=O)n2ncnc2n1C[C@@H](O)COCc1ccc(Cl)cc1. The van der Waals surface area contributed by atoms with Crippen LogP contribution in [0.1, 0.15) is 11.3 Å². The number of aliphatic hydroxyl groups is 1. The smallest absolute Gasteiger partial charge is 0.275 e. The van der Waals surface area contributed by atoms with Gasteiger partial charge in [-0.1, -0.05) is 23.7 Å². The standard InChI is InChI=1S/C16H17ClN4O3/c1-11-6-15(23)21-16(18-10-19-21)20(11)7-14(22)9-24-8-12-2-4-13(17)5-3-12/h2-6,10,14,22H,7-9H2,1H3/t14-/m1/s1. The van der Waals surface area contributed by atoms with Crippen LogP contribution in [0.25, 0.3) is 5.78 Å². The monoisotopic (exact) mass is 348 g/mol. The molecule has 24 heavy (non-hydrogen) atoms. The van der Waals surface area contributed by atoms with E-state index in [0.717, 1.165) is 5.56 Å². The lowest BCUT2D eigenvalue weighted by atomic mass is 10.2. The number of hydrogen-bond donors (Lipinski definition) is 1. The summed E-state index contributed by atoms with van der Waals surface area (Å²) in [6, 6.07) is 8.80. The molecule has 3 aromatic rings. The van der Waals surface area contributed by atoms with Crippen LogP contribution < -0.4 is 5.56 Å². The van der Waals surface area contributed by atoms with Gasteiger partial charge in [-0.3, -0.25) is 4.79 Å². The van der Waals surface area contributed by atoms with Crippen molar-refractivity contribution in [2.45, 2.75) is 26.2 Å². The van der Waals surface area contributed by atoms with Gasteiger partial charge in [-0.05, 0) is 24.6 Å². The van der Waals surface area contributed by atoms with Gasteiger partial charge in [-0.2, -0.15) is 14.6 Å². The van der Waals surface area contributed by atoms with E-state index in [9.17, 15) is 9.90 Å². The van der Waals surface area contributed by atoms with E-state index in [2.05, 4.69) is 10.1 Å². The van der Waals surface area contributed by atoms with Gasteiger partial charge in [0.25, 0.3) is 5.56 Å². The minimum atomic E-state index is -0.737. The van der Waals surface area contributed by atoms with Gasteiger partial charge in [-0.25, -0.2) is 0 Å². The zero-order valence-electron chi connectivity index (χ0n) is 13.1. The predicted octanol–water partition coefficient (Wildman–Crippen LogP) is 1.43. The molecule has 0 unspecified atom stereocenters. The number of hydrogen-bond acceptors (Lipinski definition) is 5. The van der Waals surface area contributed by atoms with Crippen molar-refractivity contribution in [3.63, 3.8) is 0 Å². The Bertz CT molecular complexity index is 888. The van der Waals surface area contributed by atoms with Gasteiger partial charge < -0.3 is 14.4 Å². The Morgan fingerprint density at radius 2 is 2.08 bits per heavy atom. The van der Waals surface area contributed by atoms with Crippen molar-refractivity contribution >= 4 is 17.4 Å². The second kappa shape index (κ2) is 7.12. The predicted molar refractivity (Wildman–Crippen MR) is 89.1 cm³/mol. The first-order valence-electron chi connectivity index (χ1n) is 7.45. The Morgan fingerprint density at radius 3 is 2.83 bits per heavy atom. The highest BCUT2D eigenvalue weighted by Gasteiger charge is 2.12. The maximum absolute atomic E-state index is 11.8. The molecule has 0 saturated carbocycles. The third-order valence-electron chi connectivity index (χ3n) is 3.62. The Kier molecular flexibility index (Phi) is 4.94. The summed E-state index contributed by atoms with van der Waals surface area (Å²) < 4.78 is 8.48. The first kappa shape index (κ1) is 16.6. The molecule has 0 amide bonds. The number of aliphatic hydroxyl groups excluding tert-OH is 1. The second-order valence-corrected chi connectivity index (χ2v) is 5.94.